The second kappa shape index (κ2) is 8.65. The van der Waals surface area contributed by atoms with Crippen LogP contribution in [0.4, 0.5) is 0 Å². The Balaban J connectivity index is 0.000000224. The smallest absolute Gasteiger partial charge is 0.0110 e. The molecule has 2 aliphatic rings. The molecule has 2 heterocycles. The van der Waals surface area contributed by atoms with E-state index >= 15 is 0 Å². The molecule has 132 valence electrons. The standard InChI is InChI=1S/C10H22N2.C9H19N/c1-10(2,3)9-12-7-5-11(4)6-8-12;1-9(2,3)8-10-6-4-5-7-10/h5-9H2,1-4H3;4-8H2,1-3H3. The van der Waals surface area contributed by atoms with Crippen LogP contribution >= 0.6 is 0 Å². The van der Waals surface area contributed by atoms with Gasteiger partial charge in [-0.15, -0.1) is 0 Å². The van der Waals surface area contributed by atoms with Gasteiger partial charge in [0.25, 0.3) is 0 Å². The van der Waals surface area contributed by atoms with Crippen LogP contribution in [-0.2, 0) is 0 Å². The Kier molecular flexibility index (Phi) is 7.84. The van der Waals surface area contributed by atoms with Gasteiger partial charge in [-0.3, -0.25) is 0 Å². The monoisotopic (exact) mass is 311 g/mol. The van der Waals surface area contributed by atoms with E-state index in [0.717, 1.165) is 0 Å². The predicted octanol–water partition coefficient (Wildman–Crippen LogP) is 3.41. The zero-order valence-electron chi connectivity index (χ0n) is 16.4. The van der Waals surface area contributed by atoms with Gasteiger partial charge >= 0.3 is 0 Å². The van der Waals surface area contributed by atoms with Crippen molar-refractivity contribution in [1.29, 1.82) is 0 Å². The predicted molar refractivity (Wildman–Crippen MR) is 98.5 cm³/mol. The third kappa shape index (κ3) is 9.81. The van der Waals surface area contributed by atoms with Crippen molar-refractivity contribution in [3.63, 3.8) is 0 Å². The number of piperazine rings is 1. The highest BCUT2D eigenvalue weighted by Gasteiger charge is 2.20. The molecule has 2 fully saturated rings. The molecule has 2 rings (SSSR count). The lowest BCUT2D eigenvalue weighted by molar-refractivity contribution is 0.117. The Morgan fingerprint density at radius 3 is 1.32 bits per heavy atom. The molecular weight excluding hydrogens is 270 g/mol. The maximum Gasteiger partial charge on any atom is 0.0110 e. The molecule has 0 saturated carbocycles. The minimum atomic E-state index is 0.454. The van der Waals surface area contributed by atoms with Crippen LogP contribution < -0.4 is 0 Å². The van der Waals surface area contributed by atoms with E-state index in [1.165, 1.54) is 65.2 Å². The number of likely N-dealkylation sites (N-methyl/N-ethyl adjacent to an activating group) is 1. The largest absolute Gasteiger partial charge is 0.304 e. The number of likely N-dealkylation sites (tertiary alicyclic amines) is 1. The van der Waals surface area contributed by atoms with Crippen LogP contribution in [0.5, 0.6) is 0 Å². The second-order valence-corrected chi connectivity index (χ2v) is 9.68. The quantitative estimate of drug-likeness (QED) is 0.774. The summed E-state index contributed by atoms with van der Waals surface area (Å²) in [7, 11) is 2.20. The van der Waals surface area contributed by atoms with E-state index in [4.69, 9.17) is 0 Å². The molecule has 0 amide bonds. The van der Waals surface area contributed by atoms with E-state index in [0.29, 0.717) is 10.8 Å². The average molecular weight is 312 g/mol. The van der Waals surface area contributed by atoms with Gasteiger partial charge < -0.3 is 14.7 Å². The molecule has 0 radical (unpaired) electrons. The summed E-state index contributed by atoms with van der Waals surface area (Å²) in [5.41, 5.74) is 0.945. The summed E-state index contributed by atoms with van der Waals surface area (Å²) in [5, 5.41) is 0. The number of hydrogen-bond donors (Lipinski definition) is 0. The molecule has 2 saturated heterocycles. The van der Waals surface area contributed by atoms with Gasteiger partial charge in [0.15, 0.2) is 0 Å². The third-order valence-corrected chi connectivity index (χ3v) is 4.19. The van der Waals surface area contributed by atoms with Crippen molar-refractivity contribution in [2.24, 2.45) is 10.8 Å². The van der Waals surface area contributed by atoms with Gasteiger partial charge in [-0.05, 0) is 43.8 Å². The molecule has 3 nitrogen and oxygen atoms in total. The molecule has 22 heavy (non-hydrogen) atoms. The van der Waals surface area contributed by atoms with Crippen molar-refractivity contribution >= 4 is 0 Å². The van der Waals surface area contributed by atoms with Crippen LogP contribution in [0.2, 0.25) is 0 Å². The molecule has 0 aromatic rings. The summed E-state index contributed by atoms with van der Waals surface area (Å²) in [4.78, 5) is 7.54. The first-order valence-electron chi connectivity index (χ1n) is 9.18. The molecule has 0 atom stereocenters. The Morgan fingerprint density at radius 2 is 0.955 bits per heavy atom. The molecule has 2 aliphatic heterocycles. The van der Waals surface area contributed by atoms with Gasteiger partial charge in [0, 0.05) is 39.3 Å². The number of hydrogen-bond acceptors (Lipinski definition) is 3. The van der Waals surface area contributed by atoms with Crippen molar-refractivity contribution < 1.29 is 0 Å². The van der Waals surface area contributed by atoms with Crippen LogP contribution in [0.25, 0.3) is 0 Å². The van der Waals surface area contributed by atoms with E-state index in [1.807, 2.05) is 0 Å². The second-order valence-electron chi connectivity index (χ2n) is 9.68. The molecule has 0 aromatic heterocycles. The minimum absolute atomic E-state index is 0.454. The fourth-order valence-corrected chi connectivity index (χ4v) is 3.29. The zero-order chi connectivity index (χ0) is 16.8. The van der Waals surface area contributed by atoms with Crippen LogP contribution in [0, 0.1) is 10.8 Å². The van der Waals surface area contributed by atoms with E-state index in [-0.39, 0.29) is 0 Å². The molecule has 0 unspecified atom stereocenters. The van der Waals surface area contributed by atoms with E-state index in [1.54, 1.807) is 0 Å². The Labute approximate surface area is 140 Å². The Bertz CT molecular complexity index is 287. The van der Waals surface area contributed by atoms with Gasteiger partial charge in [-0.25, -0.2) is 0 Å². The van der Waals surface area contributed by atoms with Crippen molar-refractivity contribution in [3.8, 4) is 0 Å². The summed E-state index contributed by atoms with van der Waals surface area (Å²) >= 11 is 0. The van der Waals surface area contributed by atoms with E-state index < -0.39 is 0 Å². The minimum Gasteiger partial charge on any atom is -0.304 e. The van der Waals surface area contributed by atoms with Gasteiger partial charge in [0.2, 0.25) is 0 Å². The topological polar surface area (TPSA) is 9.72 Å². The maximum absolute atomic E-state index is 2.57. The van der Waals surface area contributed by atoms with Crippen molar-refractivity contribution in [3.05, 3.63) is 0 Å². The lowest BCUT2D eigenvalue weighted by Crippen LogP contribution is -2.47. The highest BCUT2D eigenvalue weighted by Crippen LogP contribution is 2.18. The number of rotatable bonds is 2. The lowest BCUT2D eigenvalue weighted by Gasteiger charge is -2.36. The van der Waals surface area contributed by atoms with Crippen LogP contribution in [-0.4, -0.2) is 74.1 Å². The summed E-state index contributed by atoms with van der Waals surface area (Å²) in [6.45, 7) is 24.0. The molecule has 0 bridgehead atoms. The first-order valence-corrected chi connectivity index (χ1v) is 9.18. The maximum atomic E-state index is 2.57. The fourth-order valence-electron chi connectivity index (χ4n) is 3.29. The molecule has 0 aliphatic carbocycles. The molecule has 0 aromatic carbocycles. The summed E-state index contributed by atoms with van der Waals surface area (Å²) in [5.74, 6) is 0. The van der Waals surface area contributed by atoms with Crippen molar-refractivity contribution in [2.45, 2.75) is 54.4 Å². The summed E-state index contributed by atoms with van der Waals surface area (Å²) in [6.07, 6.45) is 2.83. The molecule has 3 heteroatoms. The van der Waals surface area contributed by atoms with Crippen molar-refractivity contribution in [2.75, 3.05) is 59.4 Å². The Morgan fingerprint density at radius 1 is 0.591 bits per heavy atom. The molecule has 0 spiro atoms. The highest BCUT2D eigenvalue weighted by molar-refractivity contribution is 4.74. The SMILES string of the molecule is CC(C)(C)CN1CCCC1.CN1CCN(CC(C)(C)C)CC1. The summed E-state index contributed by atoms with van der Waals surface area (Å²) in [6, 6.07) is 0. The fraction of sp³-hybridized carbons (Fsp3) is 1.00. The zero-order valence-corrected chi connectivity index (χ0v) is 16.4. The molecule has 0 N–H and O–H groups in total. The van der Waals surface area contributed by atoms with E-state index in [9.17, 15) is 0 Å². The van der Waals surface area contributed by atoms with Gasteiger partial charge in [-0.1, -0.05) is 41.5 Å². The number of nitrogens with zero attached hydrogens (tertiary/aromatic N) is 3. The van der Waals surface area contributed by atoms with Gasteiger partial charge in [0.1, 0.15) is 0 Å². The van der Waals surface area contributed by atoms with Crippen molar-refractivity contribution in [1.82, 2.24) is 14.7 Å². The van der Waals surface area contributed by atoms with Gasteiger partial charge in [-0.2, -0.15) is 0 Å². The normalized spacial score (nSPS) is 22.5. The van der Waals surface area contributed by atoms with E-state index in [2.05, 4.69) is 63.3 Å². The van der Waals surface area contributed by atoms with Gasteiger partial charge in [0.05, 0.1) is 0 Å². The van der Waals surface area contributed by atoms with Crippen LogP contribution in [0.1, 0.15) is 54.4 Å². The molecular formula is C19H41N3. The van der Waals surface area contributed by atoms with Crippen LogP contribution in [0.15, 0.2) is 0 Å². The summed E-state index contributed by atoms with van der Waals surface area (Å²) < 4.78 is 0. The third-order valence-electron chi connectivity index (χ3n) is 4.19. The first-order chi connectivity index (χ1) is 10.1. The highest BCUT2D eigenvalue weighted by atomic mass is 15.2. The Hall–Kier alpha value is -0.120. The first kappa shape index (κ1) is 19.9. The van der Waals surface area contributed by atoms with Crippen LogP contribution in [0.3, 0.4) is 0 Å². The lowest BCUT2D eigenvalue weighted by atomic mass is 9.96. The average Bonchev–Trinajstić information content (AvgIpc) is 2.81.